The van der Waals surface area contributed by atoms with Gasteiger partial charge >= 0.3 is 6.18 Å². The summed E-state index contributed by atoms with van der Waals surface area (Å²) in [4.78, 5) is 4.06. The molecule has 1 saturated carbocycles. The largest absolute Gasteiger partial charge is 0.489 e. The molecule has 0 bridgehead atoms. The van der Waals surface area contributed by atoms with E-state index < -0.39 is 12.1 Å². The molecule has 1 aromatic carbocycles. The number of aromatic nitrogens is 1. The topological polar surface area (TPSA) is 34.1 Å². The molecule has 0 spiro atoms. The normalized spacial score (nSPS) is 20.7. The molecule has 0 radical (unpaired) electrons. The van der Waals surface area contributed by atoms with Crippen molar-refractivity contribution in [2.45, 2.75) is 51.1 Å². The van der Waals surface area contributed by atoms with Gasteiger partial charge in [0, 0.05) is 36.1 Å². The van der Waals surface area contributed by atoms with E-state index in [0.717, 1.165) is 23.3 Å². The van der Waals surface area contributed by atoms with Crippen molar-refractivity contribution in [1.29, 1.82) is 0 Å². The van der Waals surface area contributed by atoms with Crippen molar-refractivity contribution in [2.24, 2.45) is 5.92 Å². The van der Waals surface area contributed by atoms with Gasteiger partial charge in [-0.05, 0) is 31.4 Å². The average molecular weight is 364 g/mol. The molecule has 26 heavy (non-hydrogen) atoms. The summed E-state index contributed by atoms with van der Waals surface area (Å²) in [5.41, 5.74) is 1.92. The predicted molar refractivity (Wildman–Crippen MR) is 93.7 cm³/mol. The van der Waals surface area contributed by atoms with Gasteiger partial charge in [-0.3, -0.25) is 4.98 Å². The zero-order valence-electron chi connectivity index (χ0n) is 14.5. The van der Waals surface area contributed by atoms with E-state index >= 15 is 0 Å². The number of nitrogens with zero attached hydrogens (tertiary/aromatic N) is 1. The monoisotopic (exact) mass is 364 g/mol. The zero-order valence-corrected chi connectivity index (χ0v) is 14.5. The quantitative estimate of drug-likeness (QED) is 0.794. The Balaban J connectivity index is 1.56. The van der Waals surface area contributed by atoms with Crippen molar-refractivity contribution in [3.8, 4) is 5.75 Å². The lowest BCUT2D eigenvalue weighted by molar-refractivity contribution is -0.183. The van der Waals surface area contributed by atoms with Crippen LogP contribution in [0.15, 0.2) is 48.8 Å². The summed E-state index contributed by atoms with van der Waals surface area (Å²) in [6, 6.07) is 11.3. The molecule has 6 heteroatoms. The van der Waals surface area contributed by atoms with Crippen LogP contribution in [-0.4, -0.2) is 17.2 Å². The van der Waals surface area contributed by atoms with Crippen LogP contribution in [0.4, 0.5) is 13.2 Å². The highest BCUT2D eigenvalue weighted by molar-refractivity contribution is 5.33. The Kier molecular flexibility index (Phi) is 6.14. The summed E-state index contributed by atoms with van der Waals surface area (Å²) in [5.74, 6) is -0.446. The Morgan fingerprint density at radius 3 is 2.73 bits per heavy atom. The lowest BCUT2D eigenvalue weighted by atomic mass is 9.85. The Morgan fingerprint density at radius 2 is 1.96 bits per heavy atom. The first-order chi connectivity index (χ1) is 12.5. The maximum Gasteiger partial charge on any atom is 0.391 e. The van der Waals surface area contributed by atoms with E-state index in [2.05, 4.69) is 10.3 Å². The van der Waals surface area contributed by atoms with Gasteiger partial charge < -0.3 is 10.1 Å². The average Bonchev–Trinajstić information content (AvgIpc) is 2.66. The van der Waals surface area contributed by atoms with E-state index in [-0.39, 0.29) is 18.9 Å². The summed E-state index contributed by atoms with van der Waals surface area (Å²) < 4.78 is 44.7. The van der Waals surface area contributed by atoms with Crippen LogP contribution >= 0.6 is 0 Å². The van der Waals surface area contributed by atoms with Crippen molar-refractivity contribution < 1.29 is 17.9 Å². The Bertz CT molecular complexity index is 691. The maximum absolute atomic E-state index is 13.0. The van der Waals surface area contributed by atoms with Gasteiger partial charge in [-0.25, -0.2) is 0 Å². The molecule has 1 fully saturated rings. The van der Waals surface area contributed by atoms with E-state index in [0.29, 0.717) is 19.6 Å². The fourth-order valence-electron chi connectivity index (χ4n) is 3.36. The molecule has 0 amide bonds. The number of nitrogens with one attached hydrogen (secondary N) is 1. The van der Waals surface area contributed by atoms with E-state index in [1.165, 1.54) is 0 Å². The lowest BCUT2D eigenvalue weighted by Crippen LogP contribution is -2.38. The van der Waals surface area contributed by atoms with Gasteiger partial charge in [-0.2, -0.15) is 13.2 Å². The highest BCUT2D eigenvalue weighted by Crippen LogP contribution is 2.37. The Labute approximate surface area is 151 Å². The van der Waals surface area contributed by atoms with Crippen LogP contribution < -0.4 is 10.1 Å². The van der Waals surface area contributed by atoms with Gasteiger partial charge in [0.25, 0.3) is 0 Å². The highest BCUT2D eigenvalue weighted by atomic mass is 19.4. The van der Waals surface area contributed by atoms with Crippen LogP contribution in [0.2, 0.25) is 0 Å². The molecule has 3 rings (SSSR count). The molecule has 0 aliphatic heterocycles. The van der Waals surface area contributed by atoms with Gasteiger partial charge in [-0.1, -0.05) is 30.7 Å². The maximum atomic E-state index is 13.0. The third-order valence-corrected chi connectivity index (χ3v) is 4.81. The van der Waals surface area contributed by atoms with Crippen LogP contribution in [0.5, 0.6) is 5.75 Å². The molecule has 2 unspecified atom stereocenters. The third-order valence-electron chi connectivity index (χ3n) is 4.81. The van der Waals surface area contributed by atoms with Crippen molar-refractivity contribution in [1.82, 2.24) is 10.3 Å². The van der Waals surface area contributed by atoms with E-state index in [4.69, 9.17) is 4.74 Å². The molecule has 0 saturated heterocycles. The molecular formula is C20H23F3N2O. The molecule has 1 N–H and O–H groups in total. The van der Waals surface area contributed by atoms with Crippen LogP contribution in [0.3, 0.4) is 0 Å². The smallest absolute Gasteiger partial charge is 0.391 e. The summed E-state index contributed by atoms with van der Waals surface area (Å²) in [7, 11) is 0. The molecular weight excluding hydrogens is 341 g/mol. The summed E-state index contributed by atoms with van der Waals surface area (Å²) in [6.07, 6.45) is 1.16. The van der Waals surface area contributed by atoms with Crippen LogP contribution in [0.1, 0.15) is 36.8 Å². The number of pyridine rings is 1. The Hall–Kier alpha value is -2.08. The fourth-order valence-corrected chi connectivity index (χ4v) is 3.36. The van der Waals surface area contributed by atoms with Gasteiger partial charge in [0.05, 0.1) is 5.92 Å². The summed E-state index contributed by atoms with van der Waals surface area (Å²) in [6.45, 7) is 0.906. The first-order valence-electron chi connectivity index (χ1n) is 8.92. The van der Waals surface area contributed by atoms with Crippen molar-refractivity contribution >= 4 is 0 Å². The first-order valence-corrected chi connectivity index (χ1v) is 8.92. The zero-order chi connectivity index (χ0) is 18.4. The number of rotatable bonds is 6. The van der Waals surface area contributed by atoms with Crippen molar-refractivity contribution in [3.63, 3.8) is 0 Å². The van der Waals surface area contributed by atoms with Gasteiger partial charge in [0.1, 0.15) is 12.4 Å². The molecule has 1 aromatic heterocycles. The molecule has 140 valence electrons. The van der Waals surface area contributed by atoms with Gasteiger partial charge in [-0.15, -0.1) is 0 Å². The van der Waals surface area contributed by atoms with E-state index in [1.54, 1.807) is 12.4 Å². The second-order valence-electron chi connectivity index (χ2n) is 6.74. The number of benzene rings is 1. The molecule has 1 heterocycles. The molecule has 2 atom stereocenters. The van der Waals surface area contributed by atoms with E-state index in [1.807, 2.05) is 36.4 Å². The molecule has 1 aliphatic carbocycles. The second kappa shape index (κ2) is 8.54. The number of alkyl halides is 3. The molecule has 2 aromatic rings. The lowest BCUT2D eigenvalue weighted by Gasteiger charge is -2.31. The predicted octanol–water partition coefficient (Wildman–Crippen LogP) is 4.87. The summed E-state index contributed by atoms with van der Waals surface area (Å²) >= 11 is 0. The number of hydrogen-bond acceptors (Lipinski definition) is 3. The highest BCUT2D eigenvalue weighted by Gasteiger charge is 2.41. The van der Waals surface area contributed by atoms with Gasteiger partial charge in [0.2, 0.25) is 0 Å². The Morgan fingerprint density at radius 1 is 1.12 bits per heavy atom. The fraction of sp³-hybridized carbons (Fsp3) is 0.450. The SMILES string of the molecule is FC(F)(F)C1CCCC(NCc2ccccc2OCc2cccnc2)C1. The standard InChI is InChI=1S/C20H23F3N2O/c21-20(22,23)17-7-3-8-18(11-17)25-13-16-6-1-2-9-19(16)26-14-15-5-4-10-24-12-15/h1-2,4-6,9-10,12,17-18,25H,3,7-8,11,13-14H2. The number of para-hydroxylation sites is 1. The minimum absolute atomic E-state index is 0.109. The minimum Gasteiger partial charge on any atom is -0.489 e. The van der Waals surface area contributed by atoms with Gasteiger partial charge in [0.15, 0.2) is 0 Å². The van der Waals surface area contributed by atoms with E-state index in [9.17, 15) is 13.2 Å². The molecule has 3 nitrogen and oxygen atoms in total. The first kappa shape index (κ1) is 18.7. The second-order valence-corrected chi connectivity index (χ2v) is 6.74. The molecule has 1 aliphatic rings. The minimum atomic E-state index is -4.09. The van der Waals surface area contributed by atoms with Crippen LogP contribution in [0, 0.1) is 5.92 Å². The summed E-state index contributed by atoms with van der Waals surface area (Å²) in [5, 5.41) is 3.29. The number of halogens is 3. The van der Waals surface area contributed by atoms with Crippen LogP contribution in [-0.2, 0) is 13.2 Å². The van der Waals surface area contributed by atoms with Crippen molar-refractivity contribution in [3.05, 3.63) is 59.9 Å². The van der Waals surface area contributed by atoms with Crippen molar-refractivity contribution in [2.75, 3.05) is 0 Å². The number of hydrogen-bond donors (Lipinski definition) is 1. The number of ether oxygens (including phenoxy) is 1. The van der Waals surface area contributed by atoms with Crippen LogP contribution in [0.25, 0.3) is 0 Å². The third kappa shape index (κ3) is 5.21.